The van der Waals surface area contributed by atoms with E-state index in [0.29, 0.717) is 18.9 Å². The molecule has 5 nitrogen and oxygen atoms in total. The molecule has 0 bridgehead atoms. The molecule has 94 valence electrons. The number of aryl methyl sites for hydroxylation is 1. The minimum atomic E-state index is -0.836. The smallest absolute Gasteiger partial charge is 0.303 e. The van der Waals surface area contributed by atoms with Crippen molar-refractivity contribution in [2.24, 2.45) is 0 Å². The summed E-state index contributed by atoms with van der Waals surface area (Å²) in [5.41, 5.74) is -0.118. The Labute approximate surface area is 99.8 Å². The molecule has 1 aromatic heterocycles. The van der Waals surface area contributed by atoms with Gasteiger partial charge in [0.1, 0.15) is 5.76 Å². The number of ether oxygens (including phenoxy) is 1. The van der Waals surface area contributed by atoms with Crippen LogP contribution in [0.15, 0.2) is 10.6 Å². The third-order valence-corrected chi connectivity index (χ3v) is 3.14. The first kappa shape index (κ1) is 12.1. The lowest BCUT2D eigenvalue weighted by Crippen LogP contribution is -2.32. The normalized spacial score (nSPS) is 24.8. The summed E-state index contributed by atoms with van der Waals surface area (Å²) in [5, 5.41) is 8.59. The quantitative estimate of drug-likeness (QED) is 0.866. The maximum absolute atomic E-state index is 10.5. The standard InChI is InChI=1S/C12H17NO4/c1-12(5-2-6-16-8-12)9-7-13-10(17-9)3-4-11(14)15/h7H,2-6,8H2,1H3,(H,14,15). The highest BCUT2D eigenvalue weighted by Gasteiger charge is 2.33. The zero-order chi connectivity index (χ0) is 12.3. The molecule has 17 heavy (non-hydrogen) atoms. The van der Waals surface area contributed by atoms with E-state index in [1.165, 1.54) is 0 Å². The minimum absolute atomic E-state index is 0.0488. The fourth-order valence-electron chi connectivity index (χ4n) is 2.05. The van der Waals surface area contributed by atoms with Gasteiger partial charge in [-0.3, -0.25) is 4.79 Å². The highest BCUT2D eigenvalue weighted by molar-refractivity contribution is 5.66. The summed E-state index contributed by atoms with van der Waals surface area (Å²) in [5.74, 6) is 0.462. The van der Waals surface area contributed by atoms with Gasteiger partial charge in [-0.2, -0.15) is 0 Å². The lowest BCUT2D eigenvalue weighted by Gasteiger charge is -2.30. The molecule has 0 aromatic carbocycles. The molecule has 2 rings (SSSR count). The van der Waals surface area contributed by atoms with Crippen molar-refractivity contribution in [3.63, 3.8) is 0 Å². The van der Waals surface area contributed by atoms with Crippen LogP contribution in [-0.2, 0) is 21.4 Å². The summed E-state index contributed by atoms with van der Waals surface area (Å²) < 4.78 is 11.1. The number of oxazole rings is 1. The molecule has 0 aliphatic carbocycles. The molecular weight excluding hydrogens is 222 g/mol. The summed E-state index contributed by atoms with van der Waals surface area (Å²) in [6.07, 6.45) is 4.12. The maximum Gasteiger partial charge on any atom is 0.303 e. The van der Waals surface area contributed by atoms with E-state index < -0.39 is 5.97 Å². The van der Waals surface area contributed by atoms with Crippen LogP contribution in [0, 0.1) is 0 Å². The van der Waals surface area contributed by atoms with Crippen molar-refractivity contribution in [2.45, 2.75) is 38.0 Å². The van der Waals surface area contributed by atoms with Crippen molar-refractivity contribution >= 4 is 5.97 Å². The molecular formula is C12H17NO4. The summed E-state index contributed by atoms with van der Waals surface area (Å²) in [6, 6.07) is 0. The van der Waals surface area contributed by atoms with Crippen molar-refractivity contribution in [2.75, 3.05) is 13.2 Å². The Morgan fingerprint density at radius 1 is 1.65 bits per heavy atom. The summed E-state index contributed by atoms with van der Waals surface area (Å²) in [7, 11) is 0. The lowest BCUT2D eigenvalue weighted by atomic mass is 9.83. The first-order chi connectivity index (χ1) is 8.10. The van der Waals surface area contributed by atoms with Crippen LogP contribution in [0.5, 0.6) is 0 Å². The largest absolute Gasteiger partial charge is 0.481 e. The molecule has 1 N–H and O–H groups in total. The number of carbonyl (C=O) groups is 1. The summed E-state index contributed by atoms with van der Waals surface area (Å²) in [6.45, 7) is 3.53. The van der Waals surface area contributed by atoms with E-state index in [2.05, 4.69) is 11.9 Å². The lowest BCUT2D eigenvalue weighted by molar-refractivity contribution is -0.137. The second-order valence-corrected chi connectivity index (χ2v) is 4.73. The second-order valence-electron chi connectivity index (χ2n) is 4.73. The summed E-state index contributed by atoms with van der Waals surface area (Å²) in [4.78, 5) is 14.6. The van der Waals surface area contributed by atoms with E-state index >= 15 is 0 Å². The molecule has 0 saturated carbocycles. The molecule has 1 atom stereocenters. The minimum Gasteiger partial charge on any atom is -0.481 e. The van der Waals surface area contributed by atoms with E-state index in [0.717, 1.165) is 25.2 Å². The molecule has 0 spiro atoms. The first-order valence-corrected chi connectivity index (χ1v) is 5.85. The van der Waals surface area contributed by atoms with E-state index in [9.17, 15) is 4.79 Å². The molecule has 1 aliphatic rings. The number of carboxylic acid groups (broad SMARTS) is 1. The molecule has 1 aliphatic heterocycles. The van der Waals surface area contributed by atoms with Crippen LogP contribution in [0.1, 0.15) is 37.8 Å². The van der Waals surface area contributed by atoms with Crippen LogP contribution in [-0.4, -0.2) is 29.3 Å². The van der Waals surface area contributed by atoms with Crippen LogP contribution in [0.3, 0.4) is 0 Å². The van der Waals surface area contributed by atoms with Gasteiger partial charge in [-0.25, -0.2) is 4.98 Å². The Kier molecular flexibility index (Phi) is 3.47. The number of carboxylic acids is 1. The average Bonchev–Trinajstić information content (AvgIpc) is 2.76. The monoisotopic (exact) mass is 239 g/mol. The fourth-order valence-corrected chi connectivity index (χ4v) is 2.05. The molecule has 0 amide bonds. The van der Waals surface area contributed by atoms with Gasteiger partial charge in [0.05, 0.1) is 24.6 Å². The van der Waals surface area contributed by atoms with Crippen molar-refractivity contribution in [1.82, 2.24) is 4.98 Å². The van der Waals surface area contributed by atoms with Gasteiger partial charge in [0.2, 0.25) is 0 Å². The van der Waals surface area contributed by atoms with E-state index in [1.807, 2.05) is 0 Å². The van der Waals surface area contributed by atoms with Gasteiger partial charge in [0.25, 0.3) is 0 Å². The molecule has 0 radical (unpaired) electrons. The van der Waals surface area contributed by atoms with Gasteiger partial charge in [0, 0.05) is 13.0 Å². The van der Waals surface area contributed by atoms with Crippen LogP contribution < -0.4 is 0 Å². The van der Waals surface area contributed by atoms with Crippen LogP contribution >= 0.6 is 0 Å². The number of nitrogens with zero attached hydrogens (tertiary/aromatic N) is 1. The number of aliphatic carboxylic acids is 1. The zero-order valence-electron chi connectivity index (χ0n) is 9.94. The van der Waals surface area contributed by atoms with Crippen LogP contribution in [0.2, 0.25) is 0 Å². The third-order valence-electron chi connectivity index (χ3n) is 3.14. The molecule has 1 aromatic rings. The van der Waals surface area contributed by atoms with Crippen LogP contribution in [0.25, 0.3) is 0 Å². The predicted molar refractivity (Wildman–Crippen MR) is 59.9 cm³/mol. The highest BCUT2D eigenvalue weighted by Crippen LogP contribution is 2.32. The Morgan fingerprint density at radius 2 is 2.47 bits per heavy atom. The zero-order valence-corrected chi connectivity index (χ0v) is 9.94. The Hall–Kier alpha value is -1.36. The van der Waals surface area contributed by atoms with Gasteiger partial charge in [0.15, 0.2) is 5.89 Å². The molecule has 1 unspecified atom stereocenters. The topological polar surface area (TPSA) is 72.6 Å². The van der Waals surface area contributed by atoms with Crippen molar-refractivity contribution in [3.05, 3.63) is 17.8 Å². The number of hydrogen-bond acceptors (Lipinski definition) is 4. The number of rotatable bonds is 4. The number of hydrogen-bond donors (Lipinski definition) is 1. The van der Waals surface area contributed by atoms with Gasteiger partial charge < -0.3 is 14.3 Å². The number of aromatic nitrogens is 1. The fraction of sp³-hybridized carbons (Fsp3) is 0.667. The Balaban J connectivity index is 2.03. The third kappa shape index (κ3) is 2.85. The average molecular weight is 239 g/mol. The molecule has 5 heteroatoms. The molecule has 2 heterocycles. The van der Waals surface area contributed by atoms with Crippen LogP contribution in [0.4, 0.5) is 0 Å². The predicted octanol–water partition coefficient (Wildman–Crippen LogP) is 1.76. The Bertz CT molecular complexity index is 393. The van der Waals surface area contributed by atoms with E-state index in [4.69, 9.17) is 14.3 Å². The maximum atomic E-state index is 10.5. The van der Waals surface area contributed by atoms with E-state index in [-0.39, 0.29) is 11.8 Å². The molecule has 1 fully saturated rings. The van der Waals surface area contributed by atoms with Crippen molar-refractivity contribution < 1.29 is 19.1 Å². The van der Waals surface area contributed by atoms with E-state index in [1.54, 1.807) is 6.20 Å². The van der Waals surface area contributed by atoms with Gasteiger partial charge in [-0.05, 0) is 12.8 Å². The first-order valence-electron chi connectivity index (χ1n) is 5.85. The molecule has 1 saturated heterocycles. The van der Waals surface area contributed by atoms with Gasteiger partial charge >= 0.3 is 5.97 Å². The highest BCUT2D eigenvalue weighted by atomic mass is 16.5. The van der Waals surface area contributed by atoms with Crippen molar-refractivity contribution in [3.8, 4) is 0 Å². The van der Waals surface area contributed by atoms with Gasteiger partial charge in [-0.1, -0.05) is 6.92 Å². The second kappa shape index (κ2) is 4.87. The summed E-state index contributed by atoms with van der Waals surface area (Å²) >= 11 is 0. The SMILES string of the molecule is CC1(c2cnc(CCC(=O)O)o2)CCCOC1. The Morgan fingerprint density at radius 3 is 3.12 bits per heavy atom. The van der Waals surface area contributed by atoms with Crippen molar-refractivity contribution in [1.29, 1.82) is 0 Å². The van der Waals surface area contributed by atoms with Gasteiger partial charge in [-0.15, -0.1) is 0 Å².